The third-order valence-corrected chi connectivity index (χ3v) is 7.59. The standard InChI is InChI=1S/C16H25N5O2S/c22-24(23,14-4-5-14)21-10-8-20(9-11-21)16-12-15(17-13-18-16)19-6-2-1-3-7-19/h12-14H,1-11H2. The maximum Gasteiger partial charge on any atom is 0.217 e. The molecule has 0 spiro atoms. The molecule has 3 fully saturated rings. The van der Waals surface area contributed by atoms with Gasteiger partial charge in [-0.2, -0.15) is 4.31 Å². The zero-order valence-electron chi connectivity index (χ0n) is 14.0. The summed E-state index contributed by atoms with van der Waals surface area (Å²) < 4.78 is 26.3. The predicted molar refractivity (Wildman–Crippen MR) is 93.8 cm³/mol. The minimum Gasteiger partial charge on any atom is -0.356 e. The summed E-state index contributed by atoms with van der Waals surface area (Å²) in [5.41, 5.74) is 0. The summed E-state index contributed by atoms with van der Waals surface area (Å²) in [6, 6.07) is 2.05. The van der Waals surface area contributed by atoms with Gasteiger partial charge < -0.3 is 9.80 Å². The summed E-state index contributed by atoms with van der Waals surface area (Å²) in [6.45, 7) is 4.63. The molecule has 7 nitrogen and oxygen atoms in total. The van der Waals surface area contributed by atoms with E-state index in [0.29, 0.717) is 26.2 Å². The average molecular weight is 351 g/mol. The molecular formula is C16H25N5O2S. The zero-order chi connectivity index (χ0) is 16.6. The number of nitrogens with zero attached hydrogens (tertiary/aromatic N) is 5. The van der Waals surface area contributed by atoms with Crippen molar-refractivity contribution in [2.45, 2.75) is 37.4 Å². The lowest BCUT2D eigenvalue weighted by molar-refractivity contribution is 0.383. The Kier molecular flexibility index (Phi) is 4.34. The SMILES string of the molecule is O=S(=O)(C1CC1)N1CCN(c2cc(N3CCCCC3)ncn2)CC1. The smallest absolute Gasteiger partial charge is 0.217 e. The van der Waals surface area contributed by atoms with Crippen molar-refractivity contribution in [2.75, 3.05) is 49.1 Å². The number of rotatable bonds is 4. The highest BCUT2D eigenvalue weighted by molar-refractivity contribution is 7.90. The molecule has 2 aliphatic heterocycles. The van der Waals surface area contributed by atoms with Gasteiger partial charge in [0, 0.05) is 45.3 Å². The van der Waals surface area contributed by atoms with Crippen molar-refractivity contribution in [2.24, 2.45) is 0 Å². The average Bonchev–Trinajstić information content (AvgIpc) is 3.48. The summed E-state index contributed by atoms with van der Waals surface area (Å²) in [5.74, 6) is 1.90. The molecule has 0 bridgehead atoms. The Labute approximate surface area is 143 Å². The number of anilines is 2. The normalized spacial score (nSPS) is 23.5. The summed E-state index contributed by atoms with van der Waals surface area (Å²) in [7, 11) is -3.05. The molecule has 2 saturated heterocycles. The summed E-state index contributed by atoms with van der Waals surface area (Å²) in [4.78, 5) is 13.3. The highest BCUT2D eigenvalue weighted by Crippen LogP contribution is 2.31. The van der Waals surface area contributed by atoms with Gasteiger partial charge in [-0.15, -0.1) is 0 Å². The predicted octanol–water partition coefficient (Wildman–Crippen LogP) is 1.08. The molecule has 0 unspecified atom stereocenters. The van der Waals surface area contributed by atoms with Crippen LogP contribution in [0.1, 0.15) is 32.1 Å². The Morgan fingerprint density at radius 3 is 2.00 bits per heavy atom. The second kappa shape index (κ2) is 6.48. The van der Waals surface area contributed by atoms with Crippen LogP contribution in [-0.4, -0.2) is 67.2 Å². The second-order valence-electron chi connectivity index (χ2n) is 6.91. The van der Waals surface area contributed by atoms with Gasteiger partial charge in [-0.1, -0.05) is 0 Å². The van der Waals surface area contributed by atoms with Crippen molar-refractivity contribution in [1.82, 2.24) is 14.3 Å². The van der Waals surface area contributed by atoms with E-state index in [-0.39, 0.29) is 5.25 Å². The van der Waals surface area contributed by atoms with Crippen molar-refractivity contribution in [3.63, 3.8) is 0 Å². The molecule has 1 saturated carbocycles. The van der Waals surface area contributed by atoms with Crippen LogP contribution in [-0.2, 0) is 10.0 Å². The van der Waals surface area contributed by atoms with Crippen molar-refractivity contribution in [3.8, 4) is 0 Å². The highest BCUT2D eigenvalue weighted by atomic mass is 32.2. The van der Waals surface area contributed by atoms with Crippen molar-refractivity contribution in [1.29, 1.82) is 0 Å². The number of sulfonamides is 1. The van der Waals surface area contributed by atoms with Crippen LogP contribution in [0.15, 0.2) is 12.4 Å². The van der Waals surface area contributed by atoms with Crippen molar-refractivity contribution < 1.29 is 8.42 Å². The fourth-order valence-corrected chi connectivity index (χ4v) is 5.38. The van der Waals surface area contributed by atoms with Crippen LogP contribution in [0.5, 0.6) is 0 Å². The minimum absolute atomic E-state index is 0.117. The lowest BCUT2D eigenvalue weighted by Crippen LogP contribution is -2.49. The molecule has 3 heterocycles. The molecule has 8 heteroatoms. The Morgan fingerprint density at radius 2 is 1.42 bits per heavy atom. The topological polar surface area (TPSA) is 69.6 Å². The molecule has 0 N–H and O–H groups in total. The fraction of sp³-hybridized carbons (Fsp3) is 0.750. The van der Waals surface area contributed by atoms with E-state index in [1.54, 1.807) is 10.6 Å². The van der Waals surface area contributed by atoms with E-state index in [0.717, 1.165) is 37.6 Å². The molecule has 24 heavy (non-hydrogen) atoms. The number of piperazine rings is 1. The Bertz CT molecular complexity index is 677. The molecule has 3 aliphatic rings. The highest BCUT2D eigenvalue weighted by Gasteiger charge is 2.41. The molecule has 0 amide bonds. The fourth-order valence-electron chi connectivity index (χ4n) is 3.55. The number of hydrogen-bond acceptors (Lipinski definition) is 6. The maximum atomic E-state index is 12.3. The first-order valence-electron chi connectivity index (χ1n) is 8.95. The Morgan fingerprint density at radius 1 is 0.833 bits per heavy atom. The summed E-state index contributed by atoms with van der Waals surface area (Å²) >= 11 is 0. The van der Waals surface area contributed by atoms with Gasteiger partial charge in [0.2, 0.25) is 10.0 Å². The second-order valence-corrected chi connectivity index (χ2v) is 9.13. The van der Waals surface area contributed by atoms with Gasteiger partial charge in [0.15, 0.2) is 0 Å². The van der Waals surface area contributed by atoms with Gasteiger partial charge in [0.1, 0.15) is 18.0 Å². The quantitative estimate of drug-likeness (QED) is 0.809. The van der Waals surface area contributed by atoms with Crippen molar-refractivity contribution in [3.05, 3.63) is 12.4 Å². The third-order valence-electron chi connectivity index (χ3n) is 5.19. The van der Waals surface area contributed by atoms with Gasteiger partial charge >= 0.3 is 0 Å². The minimum atomic E-state index is -3.05. The van der Waals surface area contributed by atoms with Crippen molar-refractivity contribution >= 4 is 21.7 Å². The Balaban J connectivity index is 1.42. The molecule has 0 atom stereocenters. The monoisotopic (exact) mass is 351 g/mol. The van der Waals surface area contributed by atoms with E-state index in [1.807, 2.05) is 0 Å². The molecule has 1 aromatic heterocycles. The first-order chi connectivity index (χ1) is 11.6. The van der Waals surface area contributed by atoms with Crippen LogP contribution in [0.25, 0.3) is 0 Å². The first kappa shape index (κ1) is 16.1. The van der Waals surface area contributed by atoms with Gasteiger partial charge in [-0.05, 0) is 32.1 Å². The maximum absolute atomic E-state index is 12.3. The van der Waals surface area contributed by atoms with Crippen LogP contribution in [0.2, 0.25) is 0 Å². The lowest BCUT2D eigenvalue weighted by Gasteiger charge is -2.35. The molecule has 132 valence electrons. The van der Waals surface area contributed by atoms with Gasteiger partial charge in [0.05, 0.1) is 5.25 Å². The van der Waals surface area contributed by atoms with Crippen LogP contribution in [0, 0.1) is 0 Å². The van der Waals surface area contributed by atoms with Crippen LogP contribution in [0.4, 0.5) is 11.6 Å². The molecule has 1 aromatic rings. The zero-order valence-corrected chi connectivity index (χ0v) is 14.8. The lowest BCUT2D eigenvalue weighted by atomic mass is 10.1. The van der Waals surface area contributed by atoms with E-state index < -0.39 is 10.0 Å². The molecular weight excluding hydrogens is 326 g/mol. The first-order valence-corrected chi connectivity index (χ1v) is 10.5. The van der Waals surface area contributed by atoms with Gasteiger partial charge in [0.25, 0.3) is 0 Å². The third kappa shape index (κ3) is 3.21. The Hall–Kier alpha value is -1.41. The van der Waals surface area contributed by atoms with Gasteiger partial charge in [-0.25, -0.2) is 18.4 Å². The molecule has 0 radical (unpaired) electrons. The number of aromatic nitrogens is 2. The van der Waals surface area contributed by atoms with Crippen LogP contribution in [0.3, 0.4) is 0 Å². The molecule has 0 aromatic carbocycles. The van der Waals surface area contributed by atoms with Crippen LogP contribution >= 0.6 is 0 Å². The van der Waals surface area contributed by atoms with E-state index in [2.05, 4.69) is 25.8 Å². The number of hydrogen-bond donors (Lipinski definition) is 0. The largest absolute Gasteiger partial charge is 0.356 e. The number of piperidine rings is 1. The van der Waals surface area contributed by atoms with E-state index >= 15 is 0 Å². The van der Waals surface area contributed by atoms with E-state index in [4.69, 9.17) is 0 Å². The van der Waals surface area contributed by atoms with Gasteiger partial charge in [-0.3, -0.25) is 0 Å². The summed E-state index contributed by atoms with van der Waals surface area (Å²) in [6.07, 6.45) is 7.02. The molecule has 1 aliphatic carbocycles. The van der Waals surface area contributed by atoms with E-state index in [1.165, 1.54) is 19.3 Å². The van der Waals surface area contributed by atoms with Crippen LogP contribution < -0.4 is 9.80 Å². The molecule has 4 rings (SSSR count). The van der Waals surface area contributed by atoms with E-state index in [9.17, 15) is 8.42 Å². The summed E-state index contributed by atoms with van der Waals surface area (Å²) in [5, 5.41) is -0.117.